The van der Waals surface area contributed by atoms with E-state index in [0.29, 0.717) is 11.8 Å². The van der Waals surface area contributed by atoms with E-state index in [4.69, 9.17) is 15.3 Å². The van der Waals surface area contributed by atoms with Gasteiger partial charge in [0, 0.05) is 0 Å². The first-order valence-electron chi connectivity index (χ1n) is 7.35. The number of nitrogens with one attached hydrogen (secondary N) is 3. The van der Waals surface area contributed by atoms with E-state index in [2.05, 4.69) is 35.6 Å². The van der Waals surface area contributed by atoms with Gasteiger partial charge in [-0.1, -0.05) is 11.2 Å². The second-order valence-electron chi connectivity index (χ2n) is 4.81. The molecule has 150 valence electrons. The number of carboxylic acid groups (broad SMARTS) is 2. The molecule has 0 atom stereocenters. The number of aromatic nitrogens is 4. The predicted octanol–water partition coefficient (Wildman–Crippen LogP) is 2.05. The normalized spacial score (nSPS) is 10.2. The lowest BCUT2D eigenvalue weighted by molar-refractivity contribution is 0.112. The Morgan fingerprint density at radius 2 is 2.00 bits per heavy atom. The monoisotopic (exact) mass is 406 g/mol. The fourth-order valence-corrected chi connectivity index (χ4v) is 1.78. The lowest BCUT2D eigenvalue weighted by atomic mass is 10.2. The number of aromatic hydroxyl groups is 1. The van der Waals surface area contributed by atoms with E-state index in [1.165, 1.54) is 18.5 Å². The molecule has 0 bridgehead atoms. The number of hydrogen-bond acceptors (Lipinski definition) is 9. The molecule has 2 heterocycles. The molecule has 0 saturated heterocycles. The van der Waals surface area contributed by atoms with Crippen molar-refractivity contribution in [2.24, 2.45) is 10.2 Å². The van der Waals surface area contributed by atoms with Gasteiger partial charge in [0.1, 0.15) is 5.52 Å². The van der Waals surface area contributed by atoms with Gasteiger partial charge in [-0.15, -0.1) is 5.11 Å². The summed E-state index contributed by atoms with van der Waals surface area (Å²) >= 11 is 0. The maximum atomic E-state index is 12.4. The number of carbonyl (C=O) groups is 3. The van der Waals surface area contributed by atoms with Gasteiger partial charge in [0.2, 0.25) is 0 Å². The van der Waals surface area contributed by atoms with E-state index in [0.717, 1.165) is 6.07 Å². The molecule has 0 radical (unpaired) electrons. The molecule has 29 heavy (non-hydrogen) atoms. The lowest BCUT2D eigenvalue weighted by Crippen LogP contribution is -2.28. The molecular weight excluding hydrogens is 395 g/mol. The number of rotatable bonds is 4. The number of aldehydes is 1. The summed E-state index contributed by atoms with van der Waals surface area (Å²) in [4.78, 5) is 44.8. The molecule has 0 aliphatic rings. The number of hydrazine groups is 1. The first kappa shape index (κ1) is 20.6. The van der Waals surface area contributed by atoms with E-state index >= 15 is 0 Å². The van der Waals surface area contributed by atoms with E-state index in [1.807, 2.05) is 5.43 Å². The number of hydrogen-bond donors (Lipinski definition) is 6. The number of halogens is 1. The van der Waals surface area contributed by atoms with Gasteiger partial charge in [0.25, 0.3) is 5.95 Å². The zero-order chi connectivity index (χ0) is 21.4. The summed E-state index contributed by atoms with van der Waals surface area (Å²) in [5.74, 6) is -1.61. The van der Waals surface area contributed by atoms with Crippen LogP contribution in [0.4, 0.5) is 25.7 Å². The molecule has 15 heteroatoms. The SMILES string of the molecule is O=C(O)N=Nc1nc(NNC(=O)O)c2[nH]cnc2n1.O=Cc1cccc(F)c1O. The molecule has 6 N–H and O–H groups in total. The molecule has 14 nitrogen and oxygen atoms in total. The zero-order valence-electron chi connectivity index (χ0n) is 14.1. The van der Waals surface area contributed by atoms with Crippen molar-refractivity contribution < 1.29 is 34.1 Å². The second kappa shape index (κ2) is 9.31. The van der Waals surface area contributed by atoms with Gasteiger partial charge in [-0.25, -0.2) is 24.4 Å². The third-order valence-corrected chi connectivity index (χ3v) is 2.93. The van der Waals surface area contributed by atoms with Crippen molar-refractivity contribution in [3.8, 4) is 5.75 Å². The van der Waals surface area contributed by atoms with Gasteiger partial charge < -0.3 is 20.3 Å². The van der Waals surface area contributed by atoms with Crippen molar-refractivity contribution in [2.75, 3.05) is 5.43 Å². The maximum absolute atomic E-state index is 12.4. The van der Waals surface area contributed by atoms with Gasteiger partial charge in [-0.05, 0) is 12.1 Å². The van der Waals surface area contributed by atoms with Gasteiger partial charge >= 0.3 is 12.2 Å². The second-order valence-corrected chi connectivity index (χ2v) is 4.81. The number of nitrogens with zero attached hydrogens (tertiary/aromatic N) is 5. The van der Waals surface area contributed by atoms with Crippen LogP contribution >= 0.6 is 0 Å². The Bertz CT molecular complexity index is 1090. The number of imidazole rings is 1. The van der Waals surface area contributed by atoms with Gasteiger partial charge in [0.05, 0.1) is 11.9 Å². The fourth-order valence-electron chi connectivity index (χ4n) is 1.78. The van der Waals surface area contributed by atoms with Crippen LogP contribution in [0.15, 0.2) is 34.8 Å². The van der Waals surface area contributed by atoms with E-state index in [-0.39, 0.29) is 23.0 Å². The molecule has 2 aromatic heterocycles. The predicted molar refractivity (Wildman–Crippen MR) is 92.5 cm³/mol. The van der Waals surface area contributed by atoms with E-state index < -0.39 is 23.8 Å². The van der Waals surface area contributed by atoms with Crippen molar-refractivity contribution in [3.63, 3.8) is 0 Å². The minimum absolute atomic E-state index is 0.0278. The standard InChI is InChI=1S/C7H5FO2.C7H6N8O4/c8-6-3-1-2-5(4-9)7(6)10;16-6(17)14-12-4-2-3(9-1-8-2)10-5(11-4)13-15-7(18)19/h1-4,10H;1,14H,(H,16,17)(H,18,19)(H2,8,9,10,11,12). The molecule has 2 amide bonds. The number of phenols is 1. The van der Waals surface area contributed by atoms with Crippen molar-refractivity contribution in [3.05, 3.63) is 35.9 Å². The minimum atomic E-state index is -1.51. The van der Waals surface area contributed by atoms with Crippen LogP contribution in [0.25, 0.3) is 11.2 Å². The highest BCUT2D eigenvalue weighted by molar-refractivity contribution is 5.84. The number of para-hydroxylation sites is 1. The number of aromatic amines is 1. The molecule has 0 aliphatic heterocycles. The highest BCUT2D eigenvalue weighted by Gasteiger charge is 2.10. The topological polar surface area (TPSA) is 215 Å². The number of amides is 2. The zero-order valence-corrected chi connectivity index (χ0v) is 14.1. The Kier molecular flexibility index (Phi) is 6.62. The molecular formula is C14H11FN8O6. The number of H-pyrrole nitrogens is 1. The Morgan fingerprint density at radius 3 is 2.62 bits per heavy atom. The molecule has 1 aromatic carbocycles. The molecule has 3 aromatic rings. The molecule has 0 saturated carbocycles. The first-order valence-corrected chi connectivity index (χ1v) is 7.35. The fraction of sp³-hybridized carbons (Fsp3) is 0. The van der Waals surface area contributed by atoms with Crippen molar-refractivity contribution >= 4 is 41.4 Å². The average molecular weight is 406 g/mol. The van der Waals surface area contributed by atoms with Crippen LogP contribution in [0.2, 0.25) is 0 Å². The Balaban J connectivity index is 0.000000253. The molecule has 0 spiro atoms. The van der Waals surface area contributed by atoms with Crippen LogP contribution in [-0.4, -0.2) is 53.7 Å². The third-order valence-electron chi connectivity index (χ3n) is 2.93. The Morgan fingerprint density at radius 1 is 1.24 bits per heavy atom. The molecule has 0 fully saturated rings. The van der Waals surface area contributed by atoms with Crippen LogP contribution in [0.1, 0.15) is 10.4 Å². The summed E-state index contributed by atoms with van der Waals surface area (Å²) < 4.78 is 12.4. The lowest BCUT2D eigenvalue weighted by Gasteiger charge is -2.04. The summed E-state index contributed by atoms with van der Waals surface area (Å²) in [6.07, 6.45) is -1.13. The molecule has 0 aliphatic carbocycles. The van der Waals surface area contributed by atoms with Gasteiger partial charge in [-0.2, -0.15) is 9.97 Å². The molecule has 3 rings (SSSR count). The Hall–Kier alpha value is -4.69. The third kappa shape index (κ3) is 5.64. The van der Waals surface area contributed by atoms with Crippen LogP contribution in [-0.2, 0) is 0 Å². The highest BCUT2D eigenvalue weighted by atomic mass is 19.1. The Labute approximate surface area is 159 Å². The summed E-state index contributed by atoms with van der Waals surface area (Å²) in [6, 6.07) is 3.78. The molecule has 0 unspecified atom stereocenters. The first-order chi connectivity index (χ1) is 13.8. The van der Waals surface area contributed by atoms with Crippen molar-refractivity contribution in [2.45, 2.75) is 0 Å². The van der Waals surface area contributed by atoms with Crippen molar-refractivity contribution in [1.82, 2.24) is 25.4 Å². The summed E-state index contributed by atoms with van der Waals surface area (Å²) in [7, 11) is 0. The number of carbonyl (C=O) groups excluding carboxylic acids is 1. The van der Waals surface area contributed by atoms with E-state index in [9.17, 15) is 18.8 Å². The summed E-state index contributed by atoms with van der Waals surface area (Å²) in [5, 5.41) is 31.7. The van der Waals surface area contributed by atoms with Crippen LogP contribution in [0.5, 0.6) is 5.75 Å². The number of benzene rings is 1. The number of phenolic OH excluding ortho intramolecular Hbond substituents is 1. The summed E-state index contributed by atoms with van der Waals surface area (Å²) in [6.45, 7) is 0. The quantitative estimate of drug-likeness (QED) is 0.210. The van der Waals surface area contributed by atoms with Crippen LogP contribution in [0.3, 0.4) is 0 Å². The van der Waals surface area contributed by atoms with Crippen LogP contribution < -0.4 is 10.9 Å². The number of azo groups is 1. The van der Waals surface area contributed by atoms with E-state index in [1.54, 1.807) is 0 Å². The van der Waals surface area contributed by atoms with Gasteiger partial charge in [0.15, 0.2) is 29.3 Å². The number of fused-ring (bicyclic) bond motifs is 1. The maximum Gasteiger partial charge on any atom is 0.450 e. The van der Waals surface area contributed by atoms with Gasteiger partial charge in [-0.3, -0.25) is 10.2 Å². The number of anilines is 1. The highest BCUT2D eigenvalue weighted by Crippen LogP contribution is 2.19. The van der Waals surface area contributed by atoms with Crippen molar-refractivity contribution in [1.29, 1.82) is 0 Å². The minimum Gasteiger partial charge on any atom is -0.504 e. The summed E-state index contributed by atoms with van der Waals surface area (Å²) in [5.41, 5.74) is 4.62. The smallest absolute Gasteiger partial charge is 0.450 e. The largest absolute Gasteiger partial charge is 0.504 e. The van der Waals surface area contributed by atoms with Crippen LogP contribution in [0, 0.1) is 5.82 Å². The average Bonchev–Trinajstić information content (AvgIpc) is 3.16.